The minimum atomic E-state index is -0.222. The Kier molecular flexibility index (Phi) is 5.18. The van der Waals surface area contributed by atoms with Crippen molar-refractivity contribution in [2.45, 2.75) is 13.0 Å². The molecule has 3 nitrogen and oxygen atoms in total. The summed E-state index contributed by atoms with van der Waals surface area (Å²) in [6.45, 7) is 0.470. The maximum Gasteiger partial charge on any atom is 0.252 e. The van der Waals surface area contributed by atoms with E-state index in [9.17, 15) is 9.59 Å². The molecule has 1 amide bonds. The van der Waals surface area contributed by atoms with E-state index in [0.29, 0.717) is 17.7 Å². The summed E-state index contributed by atoms with van der Waals surface area (Å²) in [4.78, 5) is 26.1. The van der Waals surface area contributed by atoms with Gasteiger partial charge in [-0.15, -0.1) is 11.3 Å². The standard InChI is InChI=1S/C20H17NO2S/c22-19(13-15-7-2-1-3-8-15)17-10-4-5-11-18(17)20(23)21-14-16-9-6-12-24-16/h1-12H,13-14H2,(H,21,23). The van der Waals surface area contributed by atoms with Gasteiger partial charge in [0.05, 0.1) is 12.1 Å². The molecule has 0 atom stereocenters. The summed E-state index contributed by atoms with van der Waals surface area (Å²) in [5.74, 6) is -0.275. The predicted molar refractivity (Wildman–Crippen MR) is 96.4 cm³/mol. The molecule has 1 heterocycles. The summed E-state index contributed by atoms with van der Waals surface area (Å²) in [5.41, 5.74) is 1.83. The van der Waals surface area contributed by atoms with Crippen LogP contribution >= 0.6 is 11.3 Å². The molecule has 0 unspecified atom stereocenters. The molecule has 4 heteroatoms. The third kappa shape index (κ3) is 3.97. The van der Waals surface area contributed by atoms with Crippen molar-refractivity contribution in [1.82, 2.24) is 5.32 Å². The van der Waals surface area contributed by atoms with E-state index >= 15 is 0 Å². The molecule has 1 N–H and O–H groups in total. The molecule has 0 radical (unpaired) electrons. The number of hydrogen-bond donors (Lipinski definition) is 1. The molecule has 0 aliphatic carbocycles. The van der Waals surface area contributed by atoms with Crippen LogP contribution in [-0.4, -0.2) is 11.7 Å². The van der Waals surface area contributed by atoms with E-state index in [2.05, 4.69) is 5.32 Å². The molecule has 0 saturated carbocycles. The first-order valence-electron chi connectivity index (χ1n) is 7.71. The van der Waals surface area contributed by atoms with Crippen LogP contribution in [0.25, 0.3) is 0 Å². The Morgan fingerprint density at radius 1 is 0.833 bits per heavy atom. The summed E-state index contributed by atoms with van der Waals surface area (Å²) in [5, 5.41) is 4.85. The number of nitrogens with one attached hydrogen (secondary N) is 1. The second kappa shape index (κ2) is 7.70. The Morgan fingerprint density at radius 3 is 2.25 bits per heavy atom. The average molecular weight is 335 g/mol. The Morgan fingerprint density at radius 2 is 1.54 bits per heavy atom. The van der Waals surface area contributed by atoms with Crippen molar-refractivity contribution < 1.29 is 9.59 Å². The smallest absolute Gasteiger partial charge is 0.252 e. The minimum absolute atomic E-state index is 0.0527. The molecule has 0 bridgehead atoms. The second-order valence-corrected chi connectivity index (χ2v) is 6.43. The highest BCUT2D eigenvalue weighted by atomic mass is 32.1. The highest BCUT2D eigenvalue weighted by Gasteiger charge is 2.16. The van der Waals surface area contributed by atoms with Crippen LogP contribution in [0, 0.1) is 0 Å². The number of Topliss-reactive ketones (excluding diaryl/α,β-unsaturated/α-hetero) is 1. The lowest BCUT2D eigenvalue weighted by Gasteiger charge is -2.09. The number of carbonyl (C=O) groups excluding carboxylic acids is 2. The van der Waals surface area contributed by atoms with Crippen molar-refractivity contribution in [2.24, 2.45) is 0 Å². The molecule has 0 saturated heterocycles. The maximum absolute atomic E-state index is 12.6. The molecule has 0 spiro atoms. The first-order valence-corrected chi connectivity index (χ1v) is 8.59. The fourth-order valence-electron chi connectivity index (χ4n) is 2.48. The SMILES string of the molecule is O=C(Cc1ccccc1)c1ccccc1C(=O)NCc1cccs1. The Labute approximate surface area is 145 Å². The van der Waals surface area contributed by atoms with Crippen LogP contribution in [0.3, 0.4) is 0 Å². The number of hydrogen-bond acceptors (Lipinski definition) is 3. The van der Waals surface area contributed by atoms with E-state index in [4.69, 9.17) is 0 Å². The van der Waals surface area contributed by atoms with Crippen molar-refractivity contribution in [3.05, 3.63) is 93.7 Å². The van der Waals surface area contributed by atoms with Crippen molar-refractivity contribution in [3.63, 3.8) is 0 Å². The van der Waals surface area contributed by atoms with Gasteiger partial charge in [0, 0.05) is 16.9 Å². The molecule has 1 aromatic heterocycles. The van der Waals surface area contributed by atoms with Crippen LogP contribution in [0.1, 0.15) is 31.2 Å². The Balaban J connectivity index is 1.74. The number of thiophene rings is 1. The molecular formula is C20H17NO2S. The third-order valence-electron chi connectivity index (χ3n) is 3.68. The maximum atomic E-state index is 12.6. The first kappa shape index (κ1) is 16.1. The van der Waals surface area contributed by atoms with E-state index in [1.807, 2.05) is 47.8 Å². The zero-order chi connectivity index (χ0) is 16.8. The topological polar surface area (TPSA) is 46.2 Å². The molecule has 2 aromatic carbocycles. The van der Waals surface area contributed by atoms with Crippen molar-refractivity contribution in [3.8, 4) is 0 Å². The second-order valence-electron chi connectivity index (χ2n) is 5.39. The highest BCUT2D eigenvalue weighted by Crippen LogP contribution is 2.14. The molecule has 0 aliphatic rings. The monoisotopic (exact) mass is 335 g/mol. The van der Waals surface area contributed by atoms with E-state index < -0.39 is 0 Å². The van der Waals surface area contributed by atoms with Gasteiger partial charge in [0.15, 0.2) is 5.78 Å². The van der Waals surface area contributed by atoms with E-state index in [1.54, 1.807) is 35.6 Å². The molecule has 3 rings (SSSR count). The number of benzene rings is 2. The normalized spacial score (nSPS) is 10.3. The highest BCUT2D eigenvalue weighted by molar-refractivity contribution is 7.09. The molecule has 3 aromatic rings. The number of amides is 1. The van der Waals surface area contributed by atoms with Gasteiger partial charge >= 0.3 is 0 Å². The van der Waals surface area contributed by atoms with Gasteiger partial charge in [-0.25, -0.2) is 0 Å². The Bertz CT molecular complexity index is 826. The van der Waals surface area contributed by atoms with Gasteiger partial charge in [-0.3, -0.25) is 9.59 Å². The average Bonchev–Trinajstić information content (AvgIpc) is 3.14. The minimum Gasteiger partial charge on any atom is -0.347 e. The van der Waals surface area contributed by atoms with Crippen LogP contribution < -0.4 is 5.32 Å². The number of ketones is 1. The van der Waals surface area contributed by atoms with Gasteiger partial charge in [0.1, 0.15) is 0 Å². The number of carbonyl (C=O) groups is 2. The van der Waals surface area contributed by atoms with Gasteiger partial charge in [-0.05, 0) is 23.1 Å². The van der Waals surface area contributed by atoms with Gasteiger partial charge in [-0.1, -0.05) is 54.6 Å². The van der Waals surface area contributed by atoms with Crippen LogP contribution in [0.4, 0.5) is 0 Å². The predicted octanol–water partition coefficient (Wildman–Crippen LogP) is 4.10. The summed E-state index contributed by atoms with van der Waals surface area (Å²) in [7, 11) is 0. The summed E-state index contributed by atoms with van der Waals surface area (Å²) < 4.78 is 0. The van der Waals surface area contributed by atoms with Crippen LogP contribution in [0.15, 0.2) is 72.1 Å². The molecular weight excluding hydrogens is 318 g/mol. The fraction of sp³-hybridized carbons (Fsp3) is 0.100. The molecule has 0 fully saturated rings. The zero-order valence-electron chi connectivity index (χ0n) is 13.1. The lowest BCUT2D eigenvalue weighted by atomic mass is 9.98. The van der Waals surface area contributed by atoms with Gasteiger partial charge < -0.3 is 5.32 Å². The quantitative estimate of drug-likeness (QED) is 0.689. The summed E-state index contributed by atoms with van der Waals surface area (Å²) in [6.07, 6.45) is 0.288. The molecule has 24 heavy (non-hydrogen) atoms. The summed E-state index contributed by atoms with van der Waals surface area (Å²) >= 11 is 1.59. The van der Waals surface area contributed by atoms with Crippen LogP contribution in [0.2, 0.25) is 0 Å². The molecule has 120 valence electrons. The Hall–Kier alpha value is -2.72. The lowest BCUT2D eigenvalue weighted by Crippen LogP contribution is -2.24. The van der Waals surface area contributed by atoms with Crippen molar-refractivity contribution in [2.75, 3.05) is 0 Å². The van der Waals surface area contributed by atoms with Gasteiger partial charge in [0.2, 0.25) is 0 Å². The summed E-state index contributed by atoms with van der Waals surface area (Å²) in [6, 6.07) is 20.4. The third-order valence-corrected chi connectivity index (χ3v) is 4.56. The largest absolute Gasteiger partial charge is 0.347 e. The lowest BCUT2D eigenvalue weighted by molar-refractivity contribution is 0.0932. The number of rotatable bonds is 6. The van der Waals surface area contributed by atoms with Gasteiger partial charge in [-0.2, -0.15) is 0 Å². The van der Waals surface area contributed by atoms with Crippen LogP contribution in [0.5, 0.6) is 0 Å². The van der Waals surface area contributed by atoms with E-state index in [1.165, 1.54) is 0 Å². The van der Waals surface area contributed by atoms with Crippen molar-refractivity contribution in [1.29, 1.82) is 0 Å². The van der Waals surface area contributed by atoms with Crippen molar-refractivity contribution >= 4 is 23.0 Å². The first-order chi connectivity index (χ1) is 11.7. The van der Waals surface area contributed by atoms with Gasteiger partial charge in [0.25, 0.3) is 5.91 Å². The fourth-order valence-corrected chi connectivity index (χ4v) is 3.12. The van der Waals surface area contributed by atoms with E-state index in [0.717, 1.165) is 10.4 Å². The van der Waals surface area contributed by atoms with E-state index in [-0.39, 0.29) is 18.1 Å². The zero-order valence-corrected chi connectivity index (χ0v) is 13.9. The van der Waals surface area contributed by atoms with Crippen LogP contribution in [-0.2, 0) is 13.0 Å². The molecule has 0 aliphatic heterocycles.